The van der Waals surface area contributed by atoms with Crippen molar-refractivity contribution in [1.29, 1.82) is 0 Å². The highest BCUT2D eigenvalue weighted by atomic mass is 32.1. The van der Waals surface area contributed by atoms with Crippen LogP contribution in [-0.4, -0.2) is 20.7 Å². The lowest BCUT2D eigenvalue weighted by Gasteiger charge is -2.16. The normalized spacial score (nSPS) is 15.7. The van der Waals surface area contributed by atoms with Crippen molar-refractivity contribution < 1.29 is 9.53 Å². The molecule has 0 spiro atoms. The van der Waals surface area contributed by atoms with Gasteiger partial charge in [0.15, 0.2) is 0 Å². The fourth-order valence-electron chi connectivity index (χ4n) is 2.93. The fourth-order valence-corrected chi connectivity index (χ4v) is 3.48. The summed E-state index contributed by atoms with van der Waals surface area (Å²) in [6.45, 7) is 2.32. The van der Waals surface area contributed by atoms with Gasteiger partial charge in [-0.25, -0.2) is 0 Å². The number of nitrogens with one attached hydrogen (secondary N) is 1. The third-order valence-corrected chi connectivity index (χ3v) is 5.09. The van der Waals surface area contributed by atoms with E-state index < -0.39 is 0 Å². The monoisotopic (exact) mass is 345 g/mol. The van der Waals surface area contributed by atoms with Crippen LogP contribution in [0.2, 0.25) is 0 Å². The first kappa shape index (κ1) is 16.9. The van der Waals surface area contributed by atoms with Crippen LogP contribution < -0.4 is 10.1 Å². The summed E-state index contributed by atoms with van der Waals surface area (Å²) in [7, 11) is 0. The molecule has 1 amide bonds. The number of carbonyl (C=O) groups excluding carboxylic acids is 1. The zero-order chi connectivity index (χ0) is 16.8. The number of rotatable bonds is 5. The molecule has 3 rings (SSSR count). The number of ether oxygens (including phenoxy) is 1. The van der Waals surface area contributed by atoms with E-state index in [0.29, 0.717) is 18.2 Å². The van der Waals surface area contributed by atoms with E-state index in [9.17, 15) is 4.79 Å². The molecule has 0 atom stereocenters. The van der Waals surface area contributed by atoms with Gasteiger partial charge < -0.3 is 10.1 Å². The van der Waals surface area contributed by atoms with Gasteiger partial charge >= 0.3 is 0 Å². The van der Waals surface area contributed by atoms with Gasteiger partial charge in [0.05, 0.1) is 17.4 Å². The lowest BCUT2D eigenvalue weighted by Crippen LogP contribution is -2.34. The van der Waals surface area contributed by atoms with Crippen LogP contribution in [0.3, 0.4) is 0 Å². The molecule has 0 saturated heterocycles. The van der Waals surface area contributed by atoms with Crippen molar-refractivity contribution >= 4 is 17.6 Å². The second kappa shape index (κ2) is 8.24. The van der Waals surface area contributed by atoms with Crippen LogP contribution in [0.1, 0.15) is 60.3 Å². The molecule has 128 valence electrons. The Bertz CT molecular complexity index is 661. The minimum Gasteiger partial charge on any atom is -0.487 e. The Hall–Kier alpha value is -1.95. The molecule has 1 aromatic heterocycles. The molecule has 1 heterocycles. The van der Waals surface area contributed by atoms with Crippen LogP contribution in [0.4, 0.5) is 0 Å². The van der Waals surface area contributed by atoms with Gasteiger partial charge in [-0.3, -0.25) is 4.79 Å². The van der Waals surface area contributed by atoms with Crippen molar-refractivity contribution in [2.24, 2.45) is 0 Å². The maximum Gasteiger partial charge on any atom is 0.251 e. The van der Waals surface area contributed by atoms with E-state index in [1.807, 2.05) is 31.2 Å². The predicted octanol–water partition coefficient (Wildman–Crippen LogP) is 3.88. The van der Waals surface area contributed by atoms with Crippen molar-refractivity contribution in [3.8, 4) is 5.75 Å². The number of benzene rings is 1. The van der Waals surface area contributed by atoms with E-state index >= 15 is 0 Å². The van der Waals surface area contributed by atoms with E-state index in [1.165, 1.54) is 37.4 Å². The van der Waals surface area contributed by atoms with E-state index in [0.717, 1.165) is 30.0 Å². The third-order valence-electron chi connectivity index (χ3n) is 4.43. The smallest absolute Gasteiger partial charge is 0.251 e. The van der Waals surface area contributed by atoms with Gasteiger partial charge in [-0.05, 0) is 44.0 Å². The molecule has 5 nitrogen and oxygen atoms in total. The summed E-state index contributed by atoms with van der Waals surface area (Å²) in [5.74, 6) is 0.737. The molecule has 0 radical (unpaired) electrons. The fraction of sp³-hybridized carbons (Fsp3) is 0.500. The molecule has 2 aromatic rings. The van der Waals surface area contributed by atoms with Crippen LogP contribution in [0, 0.1) is 6.92 Å². The first-order chi connectivity index (χ1) is 11.7. The van der Waals surface area contributed by atoms with Gasteiger partial charge in [-0.15, -0.1) is 0 Å². The van der Waals surface area contributed by atoms with Crippen molar-refractivity contribution in [2.75, 3.05) is 0 Å². The molecule has 1 aliphatic rings. The Morgan fingerprint density at radius 3 is 2.50 bits per heavy atom. The summed E-state index contributed by atoms with van der Waals surface area (Å²) < 4.78 is 14.0. The molecule has 6 heteroatoms. The van der Waals surface area contributed by atoms with Gasteiger partial charge in [-0.1, -0.05) is 25.7 Å². The van der Waals surface area contributed by atoms with E-state index in [2.05, 4.69) is 14.1 Å². The van der Waals surface area contributed by atoms with Crippen LogP contribution in [0.5, 0.6) is 5.75 Å². The summed E-state index contributed by atoms with van der Waals surface area (Å²) >= 11 is 1.19. The first-order valence-corrected chi connectivity index (χ1v) is 9.27. The molecule has 24 heavy (non-hydrogen) atoms. The number of hydrogen-bond acceptors (Lipinski definition) is 5. The number of hydrogen-bond donors (Lipinski definition) is 1. The molecule has 1 aromatic carbocycles. The summed E-state index contributed by atoms with van der Waals surface area (Å²) in [4.78, 5) is 12.4. The average molecular weight is 345 g/mol. The number of aryl methyl sites for hydroxylation is 1. The maximum atomic E-state index is 12.4. The predicted molar refractivity (Wildman–Crippen MR) is 94.4 cm³/mol. The van der Waals surface area contributed by atoms with Gasteiger partial charge in [-0.2, -0.15) is 8.75 Å². The highest BCUT2D eigenvalue weighted by molar-refractivity contribution is 6.99. The van der Waals surface area contributed by atoms with E-state index in [1.54, 1.807) is 0 Å². The van der Waals surface area contributed by atoms with Gasteiger partial charge in [0.1, 0.15) is 18.1 Å². The average Bonchev–Trinajstić information content (AvgIpc) is 2.83. The second-order valence-electron chi connectivity index (χ2n) is 6.27. The zero-order valence-electron chi connectivity index (χ0n) is 14.0. The third kappa shape index (κ3) is 4.54. The molecular formula is C18H23N3O2S. The highest BCUT2D eigenvalue weighted by Gasteiger charge is 2.15. The standard InChI is InChI=1S/C18H23N3O2S/c1-13-17(21-24-20-13)12-23-16-10-8-14(9-11-16)18(22)19-15-6-4-2-3-5-7-15/h8-11,15H,2-7,12H2,1H3,(H,19,22). The number of aromatic nitrogens is 2. The van der Waals surface area contributed by atoms with Crippen LogP contribution >= 0.6 is 11.7 Å². The van der Waals surface area contributed by atoms with Gasteiger partial charge in [0.2, 0.25) is 0 Å². The minimum absolute atomic E-state index is 0.00740. The lowest BCUT2D eigenvalue weighted by molar-refractivity contribution is 0.0933. The molecule has 1 aliphatic carbocycles. The Morgan fingerprint density at radius 2 is 1.88 bits per heavy atom. The Labute approximate surface area is 146 Å². The van der Waals surface area contributed by atoms with E-state index in [4.69, 9.17) is 4.74 Å². The van der Waals surface area contributed by atoms with E-state index in [-0.39, 0.29) is 5.91 Å². The second-order valence-corrected chi connectivity index (χ2v) is 6.80. The Kier molecular flexibility index (Phi) is 5.80. The molecule has 0 aliphatic heterocycles. The number of nitrogens with zero attached hydrogens (tertiary/aromatic N) is 2. The minimum atomic E-state index is 0.00740. The molecule has 0 unspecified atom stereocenters. The van der Waals surface area contributed by atoms with Crippen LogP contribution in [0.25, 0.3) is 0 Å². The molecule has 1 N–H and O–H groups in total. The van der Waals surface area contributed by atoms with Crippen LogP contribution in [0.15, 0.2) is 24.3 Å². The van der Waals surface area contributed by atoms with Gasteiger partial charge in [0.25, 0.3) is 5.91 Å². The quantitative estimate of drug-likeness (QED) is 0.835. The Balaban J connectivity index is 1.53. The maximum absolute atomic E-state index is 12.4. The molecule has 1 saturated carbocycles. The first-order valence-electron chi connectivity index (χ1n) is 8.54. The lowest BCUT2D eigenvalue weighted by atomic mass is 10.1. The molecular weight excluding hydrogens is 322 g/mol. The molecule has 1 fully saturated rings. The van der Waals surface area contributed by atoms with Crippen molar-refractivity contribution in [1.82, 2.24) is 14.1 Å². The van der Waals surface area contributed by atoms with Crippen molar-refractivity contribution in [2.45, 2.75) is 58.1 Å². The topological polar surface area (TPSA) is 64.1 Å². The van der Waals surface area contributed by atoms with Crippen molar-refractivity contribution in [3.63, 3.8) is 0 Å². The van der Waals surface area contributed by atoms with Gasteiger partial charge in [0, 0.05) is 11.6 Å². The Morgan fingerprint density at radius 1 is 1.17 bits per heavy atom. The molecule has 0 bridgehead atoms. The number of carbonyl (C=O) groups is 1. The summed E-state index contributed by atoms with van der Waals surface area (Å²) in [5.41, 5.74) is 2.44. The highest BCUT2D eigenvalue weighted by Crippen LogP contribution is 2.19. The van der Waals surface area contributed by atoms with Crippen molar-refractivity contribution in [3.05, 3.63) is 41.2 Å². The SMILES string of the molecule is Cc1nsnc1COc1ccc(C(=O)NC2CCCCCC2)cc1. The summed E-state index contributed by atoms with van der Waals surface area (Å²) in [5, 5.41) is 3.16. The zero-order valence-corrected chi connectivity index (χ0v) is 14.8. The summed E-state index contributed by atoms with van der Waals surface area (Å²) in [6.07, 6.45) is 7.17. The largest absolute Gasteiger partial charge is 0.487 e. The van der Waals surface area contributed by atoms with Crippen LogP contribution in [-0.2, 0) is 6.61 Å². The summed E-state index contributed by atoms with van der Waals surface area (Å²) in [6, 6.07) is 7.60. The number of amides is 1.